The Hall–Kier alpha value is -1.77. The van der Waals surface area contributed by atoms with Crippen molar-refractivity contribution in [2.45, 2.75) is 32.4 Å². The number of benzene rings is 1. The predicted molar refractivity (Wildman–Crippen MR) is 71.4 cm³/mol. The van der Waals surface area contributed by atoms with E-state index in [1.165, 1.54) is 0 Å². The summed E-state index contributed by atoms with van der Waals surface area (Å²) in [5.41, 5.74) is 1.06. The third-order valence-electron chi connectivity index (χ3n) is 3.11. The van der Waals surface area contributed by atoms with Crippen LogP contribution < -0.4 is 4.74 Å². The number of allylic oxidation sites excluding steroid dienone is 1. The fourth-order valence-electron chi connectivity index (χ4n) is 2.03. The lowest BCUT2D eigenvalue weighted by Crippen LogP contribution is -2.31. The lowest BCUT2D eigenvalue weighted by Gasteiger charge is -2.22. The molecule has 3 heteroatoms. The molecule has 1 aliphatic rings. The van der Waals surface area contributed by atoms with E-state index in [0.717, 1.165) is 24.2 Å². The molecular formula is C15H19NO2. The third kappa shape index (κ3) is 2.92. The monoisotopic (exact) mass is 245 g/mol. The van der Waals surface area contributed by atoms with Crippen molar-refractivity contribution in [3.05, 3.63) is 42.0 Å². The van der Waals surface area contributed by atoms with Crippen LogP contribution >= 0.6 is 0 Å². The third-order valence-corrected chi connectivity index (χ3v) is 3.11. The summed E-state index contributed by atoms with van der Waals surface area (Å²) in [4.78, 5) is 14.0. The van der Waals surface area contributed by atoms with E-state index < -0.39 is 0 Å². The molecule has 0 heterocycles. The average molecular weight is 245 g/mol. The Kier molecular flexibility index (Phi) is 4.03. The van der Waals surface area contributed by atoms with Crippen molar-refractivity contribution in [2.75, 3.05) is 7.11 Å². The van der Waals surface area contributed by atoms with Gasteiger partial charge < -0.3 is 9.64 Å². The van der Waals surface area contributed by atoms with Crippen LogP contribution in [0.15, 0.2) is 36.4 Å². The van der Waals surface area contributed by atoms with E-state index in [-0.39, 0.29) is 5.91 Å². The highest BCUT2D eigenvalue weighted by Crippen LogP contribution is 2.30. The van der Waals surface area contributed by atoms with Gasteiger partial charge in [-0.3, -0.25) is 4.79 Å². The zero-order chi connectivity index (χ0) is 13.0. The number of amides is 1. The SMILES string of the molecule is C/C=C/C(=O)N(Cc1ccccc1OC)C1CC1. The van der Waals surface area contributed by atoms with Crippen molar-refractivity contribution in [3.63, 3.8) is 0 Å². The molecule has 0 N–H and O–H groups in total. The average Bonchev–Trinajstić information content (AvgIpc) is 3.21. The number of carbonyl (C=O) groups excluding carboxylic acids is 1. The summed E-state index contributed by atoms with van der Waals surface area (Å²) < 4.78 is 5.33. The van der Waals surface area contributed by atoms with Gasteiger partial charge in [-0.05, 0) is 31.9 Å². The van der Waals surface area contributed by atoms with E-state index in [1.807, 2.05) is 36.1 Å². The Morgan fingerprint density at radius 3 is 2.78 bits per heavy atom. The largest absolute Gasteiger partial charge is 0.496 e. The van der Waals surface area contributed by atoms with E-state index >= 15 is 0 Å². The molecule has 0 atom stereocenters. The van der Waals surface area contributed by atoms with Gasteiger partial charge in [0.15, 0.2) is 0 Å². The summed E-state index contributed by atoms with van der Waals surface area (Å²) in [6.07, 6.45) is 5.64. The molecule has 0 bridgehead atoms. The van der Waals surface area contributed by atoms with Gasteiger partial charge in [-0.2, -0.15) is 0 Å². The van der Waals surface area contributed by atoms with Gasteiger partial charge in [-0.15, -0.1) is 0 Å². The summed E-state index contributed by atoms with van der Waals surface area (Å²) in [5.74, 6) is 0.933. The van der Waals surface area contributed by atoms with Gasteiger partial charge in [0.2, 0.25) is 5.91 Å². The molecule has 1 fully saturated rings. The van der Waals surface area contributed by atoms with Gasteiger partial charge in [0, 0.05) is 18.2 Å². The quantitative estimate of drug-likeness (QED) is 0.746. The maximum absolute atomic E-state index is 12.0. The molecule has 0 radical (unpaired) electrons. The van der Waals surface area contributed by atoms with Crippen LogP contribution in [-0.4, -0.2) is 24.0 Å². The molecule has 0 aromatic heterocycles. The van der Waals surface area contributed by atoms with Gasteiger partial charge >= 0.3 is 0 Å². The highest BCUT2D eigenvalue weighted by atomic mass is 16.5. The molecule has 2 rings (SSSR count). The molecular weight excluding hydrogens is 226 g/mol. The van der Waals surface area contributed by atoms with Gasteiger partial charge in [-0.1, -0.05) is 24.3 Å². The lowest BCUT2D eigenvalue weighted by atomic mass is 10.2. The second-order valence-corrected chi connectivity index (χ2v) is 4.51. The van der Waals surface area contributed by atoms with E-state index in [4.69, 9.17) is 4.74 Å². The highest BCUT2D eigenvalue weighted by molar-refractivity contribution is 5.88. The van der Waals surface area contributed by atoms with Crippen LogP contribution in [0.2, 0.25) is 0 Å². The maximum atomic E-state index is 12.0. The minimum absolute atomic E-state index is 0.0888. The topological polar surface area (TPSA) is 29.5 Å². The van der Waals surface area contributed by atoms with Crippen molar-refractivity contribution in [1.82, 2.24) is 4.90 Å². The molecule has 1 aromatic carbocycles. The number of carbonyl (C=O) groups is 1. The van der Waals surface area contributed by atoms with Gasteiger partial charge in [-0.25, -0.2) is 0 Å². The number of nitrogens with zero attached hydrogens (tertiary/aromatic N) is 1. The van der Waals surface area contributed by atoms with Crippen molar-refractivity contribution in [1.29, 1.82) is 0 Å². The van der Waals surface area contributed by atoms with E-state index in [9.17, 15) is 4.79 Å². The first-order valence-electron chi connectivity index (χ1n) is 6.31. The Morgan fingerprint density at radius 2 is 2.17 bits per heavy atom. The molecule has 0 unspecified atom stereocenters. The zero-order valence-electron chi connectivity index (χ0n) is 10.9. The molecule has 96 valence electrons. The van der Waals surface area contributed by atoms with Crippen molar-refractivity contribution in [3.8, 4) is 5.75 Å². The van der Waals surface area contributed by atoms with Crippen molar-refractivity contribution < 1.29 is 9.53 Å². The summed E-state index contributed by atoms with van der Waals surface area (Å²) in [6.45, 7) is 2.49. The molecule has 0 saturated heterocycles. The van der Waals surface area contributed by atoms with Gasteiger partial charge in [0.25, 0.3) is 0 Å². The molecule has 18 heavy (non-hydrogen) atoms. The molecule has 3 nitrogen and oxygen atoms in total. The number of hydrogen-bond acceptors (Lipinski definition) is 2. The molecule has 1 aromatic rings. The molecule has 0 spiro atoms. The summed E-state index contributed by atoms with van der Waals surface area (Å²) in [7, 11) is 1.66. The standard InChI is InChI=1S/C15H19NO2/c1-3-6-15(17)16(13-9-10-13)11-12-7-4-5-8-14(12)18-2/h3-8,13H,9-11H2,1-2H3/b6-3+. The van der Waals surface area contributed by atoms with Crippen LogP contribution in [0.5, 0.6) is 5.75 Å². The number of para-hydroxylation sites is 1. The number of methoxy groups -OCH3 is 1. The van der Waals surface area contributed by atoms with Crippen LogP contribution in [0.4, 0.5) is 0 Å². The smallest absolute Gasteiger partial charge is 0.246 e. The Morgan fingerprint density at radius 1 is 1.44 bits per heavy atom. The van der Waals surface area contributed by atoms with Gasteiger partial charge in [0.05, 0.1) is 7.11 Å². The van der Waals surface area contributed by atoms with Crippen LogP contribution in [0, 0.1) is 0 Å². The van der Waals surface area contributed by atoms with Gasteiger partial charge in [0.1, 0.15) is 5.75 Å². The Balaban J connectivity index is 2.15. The Labute approximate surface area is 108 Å². The predicted octanol–water partition coefficient (Wildman–Crippen LogP) is 2.76. The fourth-order valence-corrected chi connectivity index (χ4v) is 2.03. The summed E-state index contributed by atoms with van der Waals surface area (Å²) >= 11 is 0. The normalized spacial score (nSPS) is 14.8. The van der Waals surface area contributed by atoms with Crippen LogP contribution in [0.25, 0.3) is 0 Å². The van der Waals surface area contributed by atoms with Crippen molar-refractivity contribution >= 4 is 5.91 Å². The first kappa shape index (κ1) is 12.7. The highest BCUT2D eigenvalue weighted by Gasteiger charge is 2.31. The summed E-state index contributed by atoms with van der Waals surface area (Å²) in [5, 5.41) is 0. The first-order valence-corrected chi connectivity index (χ1v) is 6.31. The zero-order valence-corrected chi connectivity index (χ0v) is 10.9. The number of hydrogen-bond donors (Lipinski definition) is 0. The summed E-state index contributed by atoms with van der Waals surface area (Å²) in [6, 6.07) is 8.26. The molecule has 1 amide bonds. The number of ether oxygens (including phenoxy) is 1. The molecule has 1 saturated carbocycles. The van der Waals surface area contributed by atoms with Crippen LogP contribution in [0.1, 0.15) is 25.3 Å². The minimum Gasteiger partial charge on any atom is -0.496 e. The van der Waals surface area contributed by atoms with Crippen molar-refractivity contribution in [2.24, 2.45) is 0 Å². The van der Waals surface area contributed by atoms with E-state index in [1.54, 1.807) is 19.3 Å². The molecule has 1 aliphatic carbocycles. The lowest BCUT2D eigenvalue weighted by molar-refractivity contribution is -0.127. The van der Waals surface area contributed by atoms with E-state index in [0.29, 0.717) is 12.6 Å². The first-order chi connectivity index (χ1) is 8.76. The van der Waals surface area contributed by atoms with Crippen LogP contribution in [-0.2, 0) is 11.3 Å². The van der Waals surface area contributed by atoms with Crippen LogP contribution in [0.3, 0.4) is 0 Å². The number of rotatable bonds is 5. The second kappa shape index (κ2) is 5.71. The second-order valence-electron chi connectivity index (χ2n) is 4.51. The minimum atomic E-state index is 0.0888. The maximum Gasteiger partial charge on any atom is 0.246 e. The fraction of sp³-hybridized carbons (Fsp3) is 0.400. The van der Waals surface area contributed by atoms with E-state index in [2.05, 4.69) is 0 Å². The molecule has 0 aliphatic heterocycles. The Bertz CT molecular complexity index is 450.